The Morgan fingerprint density at radius 1 is 0.765 bits per heavy atom. The van der Waals surface area contributed by atoms with Crippen LogP contribution in [0.25, 0.3) is 0 Å². The van der Waals surface area contributed by atoms with Gasteiger partial charge in [0.25, 0.3) is 0 Å². The van der Waals surface area contributed by atoms with Gasteiger partial charge in [-0.3, -0.25) is 9.61 Å². The van der Waals surface area contributed by atoms with Crippen molar-refractivity contribution in [3.63, 3.8) is 0 Å². The Labute approximate surface area is 106 Å². The second-order valence-corrected chi connectivity index (χ2v) is 4.58. The maximum Gasteiger partial charge on any atom is 0.524 e. The third-order valence-electron chi connectivity index (χ3n) is 2.89. The summed E-state index contributed by atoms with van der Waals surface area (Å²) in [5.74, 6) is 0.225. The van der Waals surface area contributed by atoms with Crippen LogP contribution in [0.4, 0.5) is 0 Å². The summed E-state index contributed by atoms with van der Waals surface area (Å²) < 4.78 is 0. The van der Waals surface area contributed by atoms with Crippen molar-refractivity contribution in [3.05, 3.63) is 0 Å². The fraction of sp³-hybridized carbons (Fsp3) is 1.00. The normalized spacial score (nSPS) is 16.6. The Hall–Kier alpha value is -0.0951. The molecule has 0 saturated heterocycles. The van der Waals surface area contributed by atoms with E-state index in [1.54, 1.807) is 0 Å². The van der Waals surface area contributed by atoms with Crippen molar-refractivity contribution in [1.29, 1.82) is 0 Å². The molecule has 0 radical (unpaired) electrons. The number of hydrogen-bond donors (Lipinski definition) is 0. The maximum atomic E-state index is 5.30. The van der Waals surface area contributed by atoms with E-state index in [9.17, 15) is 0 Å². The molecule has 102 valence electrons. The molecule has 0 aromatic rings. The Morgan fingerprint density at radius 2 is 1.18 bits per heavy atom. The Kier molecular flexibility index (Phi) is 9.83. The van der Waals surface area contributed by atoms with Crippen LogP contribution >= 0.6 is 0 Å². The molecular weight excluding hydrogens is 219 g/mol. The zero-order chi connectivity index (χ0) is 13.3. The molecule has 0 amide bonds. The van der Waals surface area contributed by atoms with Crippen LogP contribution in [0.15, 0.2) is 0 Å². The highest BCUT2D eigenvalue weighted by Crippen LogP contribution is 2.18. The van der Waals surface area contributed by atoms with E-state index >= 15 is 0 Å². The Morgan fingerprint density at radius 3 is 1.47 bits per heavy atom. The maximum absolute atomic E-state index is 5.30. The molecule has 0 N–H and O–H groups in total. The molecule has 0 aromatic carbocycles. The van der Waals surface area contributed by atoms with E-state index < -0.39 is 7.12 Å². The molecular formula is C12H27BO4. The number of hydrogen-bond acceptors (Lipinski definition) is 4. The lowest BCUT2D eigenvalue weighted by molar-refractivity contribution is -0.312. The monoisotopic (exact) mass is 246 g/mol. The van der Waals surface area contributed by atoms with Crippen LogP contribution in [-0.2, 0) is 19.4 Å². The SMILES string of the molecule is CCC(C)OOB(OOC(C)CC)C(C)CC. The molecule has 0 aliphatic heterocycles. The molecule has 5 heteroatoms. The molecule has 0 aliphatic rings. The summed E-state index contributed by atoms with van der Waals surface area (Å²) in [6, 6.07) is 0. The van der Waals surface area contributed by atoms with Crippen molar-refractivity contribution >= 4 is 7.12 Å². The third-order valence-corrected chi connectivity index (χ3v) is 2.89. The van der Waals surface area contributed by atoms with Crippen molar-refractivity contribution in [2.45, 2.75) is 78.8 Å². The summed E-state index contributed by atoms with van der Waals surface area (Å²) in [6.45, 7) is 12.1. The van der Waals surface area contributed by atoms with Gasteiger partial charge in [0.15, 0.2) is 0 Å². The van der Waals surface area contributed by atoms with Crippen LogP contribution in [-0.4, -0.2) is 19.3 Å². The first-order chi connectivity index (χ1) is 8.04. The highest BCUT2D eigenvalue weighted by molar-refractivity contribution is 6.45. The van der Waals surface area contributed by atoms with Gasteiger partial charge in [-0.05, 0) is 32.5 Å². The molecule has 17 heavy (non-hydrogen) atoms. The van der Waals surface area contributed by atoms with E-state index in [0.29, 0.717) is 0 Å². The predicted octanol–water partition coefficient (Wildman–Crippen LogP) is 3.77. The van der Waals surface area contributed by atoms with Crippen molar-refractivity contribution in [1.82, 2.24) is 0 Å². The van der Waals surface area contributed by atoms with Gasteiger partial charge >= 0.3 is 7.12 Å². The lowest BCUT2D eigenvalue weighted by atomic mass is 9.72. The first kappa shape index (κ1) is 16.9. The average Bonchev–Trinajstić information content (AvgIpc) is 2.36. The summed E-state index contributed by atoms with van der Waals surface area (Å²) in [7, 11) is -0.469. The van der Waals surface area contributed by atoms with Gasteiger partial charge in [-0.15, -0.1) is 0 Å². The van der Waals surface area contributed by atoms with Gasteiger partial charge in [-0.2, -0.15) is 0 Å². The zero-order valence-electron chi connectivity index (χ0n) is 12.1. The van der Waals surface area contributed by atoms with Gasteiger partial charge in [-0.1, -0.05) is 34.1 Å². The van der Waals surface area contributed by atoms with Crippen molar-refractivity contribution in [2.75, 3.05) is 0 Å². The molecule has 0 bridgehead atoms. The average molecular weight is 246 g/mol. The fourth-order valence-corrected chi connectivity index (χ4v) is 0.833. The topological polar surface area (TPSA) is 36.9 Å². The zero-order valence-corrected chi connectivity index (χ0v) is 12.1. The molecule has 4 nitrogen and oxygen atoms in total. The second-order valence-electron chi connectivity index (χ2n) is 4.58. The lowest BCUT2D eigenvalue weighted by Crippen LogP contribution is -2.31. The smallest absolute Gasteiger partial charge is 0.261 e. The summed E-state index contributed by atoms with van der Waals surface area (Å²) in [5.41, 5.74) is 0. The Balaban J connectivity index is 4.05. The largest absolute Gasteiger partial charge is 0.524 e. The van der Waals surface area contributed by atoms with Crippen LogP contribution in [0.3, 0.4) is 0 Å². The minimum Gasteiger partial charge on any atom is -0.261 e. The standard InChI is InChI=1S/C12H27BO4/c1-7-10(4)13(16-14-11(5)8-2)17-15-12(6)9-3/h10-12H,7-9H2,1-6H3. The minimum absolute atomic E-state index is 0.0637. The van der Waals surface area contributed by atoms with Crippen molar-refractivity contribution < 1.29 is 19.4 Å². The first-order valence-corrected chi connectivity index (χ1v) is 6.69. The first-order valence-electron chi connectivity index (χ1n) is 6.69. The van der Waals surface area contributed by atoms with Crippen LogP contribution in [0.1, 0.15) is 60.8 Å². The summed E-state index contributed by atoms with van der Waals surface area (Å²) in [4.78, 5) is 21.1. The summed E-state index contributed by atoms with van der Waals surface area (Å²) in [6.07, 6.45) is 2.87. The van der Waals surface area contributed by atoms with Crippen molar-refractivity contribution in [3.8, 4) is 0 Å². The highest BCUT2D eigenvalue weighted by Gasteiger charge is 2.29. The molecule has 0 fully saturated rings. The van der Waals surface area contributed by atoms with Crippen LogP contribution in [0.5, 0.6) is 0 Å². The predicted molar refractivity (Wildman–Crippen MR) is 69.3 cm³/mol. The summed E-state index contributed by atoms with van der Waals surface area (Å²) in [5, 5.41) is 0. The van der Waals surface area contributed by atoms with E-state index in [4.69, 9.17) is 19.4 Å². The van der Waals surface area contributed by atoms with Gasteiger partial charge in [-0.25, -0.2) is 9.78 Å². The highest BCUT2D eigenvalue weighted by atomic mass is 17.3. The van der Waals surface area contributed by atoms with Gasteiger partial charge in [0.1, 0.15) is 0 Å². The van der Waals surface area contributed by atoms with Gasteiger partial charge < -0.3 is 0 Å². The molecule has 0 spiro atoms. The lowest BCUT2D eigenvalue weighted by Gasteiger charge is -2.20. The minimum atomic E-state index is -0.469. The van der Waals surface area contributed by atoms with E-state index in [-0.39, 0.29) is 18.0 Å². The van der Waals surface area contributed by atoms with Gasteiger partial charge in [0, 0.05) is 0 Å². The third kappa shape index (κ3) is 7.76. The van der Waals surface area contributed by atoms with Gasteiger partial charge in [0.2, 0.25) is 0 Å². The molecule has 3 unspecified atom stereocenters. The molecule has 3 atom stereocenters. The molecule has 0 saturated carbocycles. The van der Waals surface area contributed by atoms with Crippen LogP contribution < -0.4 is 0 Å². The Bertz CT molecular complexity index is 166. The second kappa shape index (κ2) is 9.89. The van der Waals surface area contributed by atoms with E-state index in [1.807, 2.05) is 34.6 Å². The van der Waals surface area contributed by atoms with E-state index in [2.05, 4.69) is 6.92 Å². The molecule has 0 heterocycles. The summed E-state index contributed by atoms with van der Waals surface area (Å²) >= 11 is 0. The molecule has 0 aliphatic carbocycles. The van der Waals surface area contributed by atoms with E-state index in [1.165, 1.54) is 0 Å². The van der Waals surface area contributed by atoms with Crippen molar-refractivity contribution in [2.24, 2.45) is 0 Å². The number of rotatable bonds is 10. The fourth-order valence-electron chi connectivity index (χ4n) is 0.833. The van der Waals surface area contributed by atoms with Crippen LogP contribution in [0, 0.1) is 0 Å². The van der Waals surface area contributed by atoms with Crippen LogP contribution in [0.2, 0.25) is 5.82 Å². The van der Waals surface area contributed by atoms with Gasteiger partial charge in [0.05, 0.1) is 12.2 Å². The quantitative estimate of drug-likeness (QED) is 0.334. The molecule has 0 rings (SSSR count). The molecule has 0 aromatic heterocycles. The van der Waals surface area contributed by atoms with E-state index in [0.717, 1.165) is 19.3 Å².